The maximum Gasteiger partial charge on any atom is 0.227 e. The van der Waals surface area contributed by atoms with Crippen molar-refractivity contribution in [2.75, 3.05) is 10.6 Å². The molecule has 8 nitrogen and oxygen atoms in total. The van der Waals surface area contributed by atoms with Gasteiger partial charge >= 0.3 is 0 Å². The average molecular weight is 468 g/mol. The molecular weight excluding hydrogens is 438 g/mol. The van der Waals surface area contributed by atoms with E-state index in [1.54, 1.807) is 6.20 Å². The van der Waals surface area contributed by atoms with Gasteiger partial charge in [0, 0.05) is 47.5 Å². The van der Waals surface area contributed by atoms with Crippen LogP contribution in [0.4, 0.5) is 17.5 Å². The number of carbonyl (C=O) groups excluding carboxylic acids is 1. The van der Waals surface area contributed by atoms with Crippen LogP contribution in [0.3, 0.4) is 0 Å². The zero-order valence-corrected chi connectivity index (χ0v) is 19.7. The van der Waals surface area contributed by atoms with Gasteiger partial charge in [0.2, 0.25) is 5.91 Å². The molecule has 3 aromatic heterocycles. The van der Waals surface area contributed by atoms with E-state index in [9.17, 15) is 4.79 Å². The summed E-state index contributed by atoms with van der Waals surface area (Å²) in [5.74, 6) is 2.48. The van der Waals surface area contributed by atoms with E-state index in [0.29, 0.717) is 12.2 Å². The number of aromatic amines is 1. The second kappa shape index (κ2) is 9.02. The lowest BCUT2D eigenvalue weighted by Crippen LogP contribution is -2.50. The number of aryl methyl sites for hydroxylation is 1. The van der Waals surface area contributed by atoms with E-state index in [-0.39, 0.29) is 24.0 Å². The van der Waals surface area contributed by atoms with Crippen molar-refractivity contribution >= 4 is 34.3 Å². The molecule has 0 radical (unpaired) electrons. The highest BCUT2D eigenvalue weighted by molar-refractivity contribution is 5.91. The largest absolute Gasteiger partial charge is 0.367 e. The lowest BCUT2D eigenvalue weighted by atomic mass is 9.96. The Morgan fingerprint density at radius 3 is 2.60 bits per heavy atom. The Balaban J connectivity index is 1.20. The third-order valence-electron chi connectivity index (χ3n) is 7.12. The summed E-state index contributed by atoms with van der Waals surface area (Å²) < 4.78 is 0. The fourth-order valence-corrected chi connectivity index (χ4v) is 5.62. The smallest absolute Gasteiger partial charge is 0.227 e. The number of aromatic nitrogens is 4. The van der Waals surface area contributed by atoms with Crippen LogP contribution in [0.15, 0.2) is 60.8 Å². The van der Waals surface area contributed by atoms with Gasteiger partial charge in [0.15, 0.2) is 5.82 Å². The first kappa shape index (κ1) is 21.6. The monoisotopic (exact) mass is 467 g/mol. The van der Waals surface area contributed by atoms with Crippen LogP contribution in [0.25, 0.3) is 10.9 Å². The number of nitrogens with one attached hydrogen (secondary N) is 3. The molecule has 0 saturated carbocycles. The minimum atomic E-state index is 0.246. The molecule has 8 heteroatoms. The molecule has 2 bridgehead atoms. The Morgan fingerprint density at radius 2 is 1.86 bits per heavy atom. The van der Waals surface area contributed by atoms with E-state index in [0.717, 1.165) is 59.5 Å². The number of hydrogen-bond donors (Lipinski definition) is 3. The van der Waals surface area contributed by atoms with E-state index >= 15 is 0 Å². The van der Waals surface area contributed by atoms with Gasteiger partial charge < -0.3 is 15.5 Å². The number of rotatable bonds is 6. The van der Waals surface area contributed by atoms with Crippen LogP contribution in [0.1, 0.15) is 36.9 Å². The Bertz CT molecular complexity index is 1340. The van der Waals surface area contributed by atoms with Crippen LogP contribution in [-0.2, 0) is 11.2 Å². The number of hydrogen-bond acceptors (Lipinski definition) is 6. The molecule has 6 rings (SSSR count). The molecule has 2 aliphatic rings. The summed E-state index contributed by atoms with van der Waals surface area (Å²) in [6.45, 7) is 1.96. The Labute approximate surface area is 204 Å². The molecule has 1 unspecified atom stereocenters. The van der Waals surface area contributed by atoms with E-state index in [2.05, 4.69) is 30.7 Å². The van der Waals surface area contributed by atoms with Crippen molar-refractivity contribution in [1.29, 1.82) is 0 Å². The number of amides is 1. The summed E-state index contributed by atoms with van der Waals surface area (Å²) >= 11 is 0. The lowest BCUT2D eigenvalue weighted by Gasteiger charge is -2.39. The highest BCUT2D eigenvalue weighted by atomic mass is 16.2. The van der Waals surface area contributed by atoms with Crippen LogP contribution in [0.2, 0.25) is 0 Å². The number of pyridine rings is 2. The SMILES string of the molecule is Cc1cc(Nc2cc3ncccc3c(NC3C[C@H]4CC[C@@H](C3)N4C(=O)Cc3ccccc3)n2)n[nH]1. The normalized spacial score (nSPS) is 21.3. The molecule has 2 saturated heterocycles. The molecule has 3 N–H and O–H groups in total. The molecule has 35 heavy (non-hydrogen) atoms. The van der Waals surface area contributed by atoms with Crippen molar-refractivity contribution in [3.8, 4) is 0 Å². The van der Waals surface area contributed by atoms with Gasteiger partial charge in [0.25, 0.3) is 0 Å². The molecule has 0 spiro atoms. The highest BCUT2D eigenvalue weighted by Crippen LogP contribution is 2.38. The summed E-state index contributed by atoms with van der Waals surface area (Å²) in [7, 11) is 0. The maximum absolute atomic E-state index is 13.2. The van der Waals surface area contributed by atoms with Gasteiger partial charge in [0.05, 0.1) is 11.9 Å². The topological polar surface area (TPSA) is 98.8 Å². The molecule has 5 heterocycles. The van der Waals surface area contributed by atoms with Crippen LogP contribution >= 0.6 is 0 Å². The number of nitrogens with zero attached hydrogens (tertiary/aromatic N) is 4. The van der Waals surface area contributed by atoms with Crippen LogP contribution in [0, 0.1) is 6.92 Å². The lowest BCUT2D eigenvalue weighted by molar-refractivity contribution is -0.134. The molecule has 2 aliphatic heterocycles. The fraction of sp³-hybridized carbons (Fsp3) is 0.333. The standard InChI is InChI=1S/C27H29N7O/c1-17-12-25(33-32-17)30-24-16-23-22(8-5-11-28-23)27(31-24)29-19-14-20-9-10-21(15-19)34(20)26(35)13-18-6-3-2-4-7-18/h2-8,11-12,16,19-21H,9-10,13-15H2,1H3,(H3,29,30,31,32,33)/t19?,20-,21+. The van der Waals surface area contributed by atoms with Gasteiger partial charge in [-0.3, -0.25) is 14.9 Å². The van der Waals surface area contributed by atoms with Crippen molar-refractivity contribution in [2.45, 2.75) is 57.2 Å². The average Bonchev–Trinajstić information content (AvgIpc) is 3.39. The van der Waals surface area contributed by atoms with Crippen molar-refractivity contribution < 1.29 is 4.79 Å². The maximum atomic E-state index is 13.2. The summed E-state index contributed by atoms with van der Waals surface area (Å²) in [6, 6.07) is 18.7. The fourth-order valence-electron chi connectivity index (χ4n) is 5.62. The van der Waals surface area contributed by atoms with Crippen LogP contribution < -0.4 is 10.6 Å². The van der Waals surface area contributed by atoms with Gasteiger partial charge in [-0.05, 0) is 50.3 Å². The van der Waals surface area contributed by atoms with Gasteiger partial charge in [-0.1, -0.05) is 30.3 Å². The van der Waals surface area contributed by atoms with Gasteiger partial charge in [-0.2, -0.15) is 5.10 Å². The molecule has 178 valence electrons. The van der Waals surface area contributed by atoms with Crippen LogP contribution in [0.5, 0.6) is 0 Å². The van der Waals surface area contributed by atoms with Crippen LogP contribution in [-0.4, -0.2) is 49.1 Å². The molecule has 0 aliphatic carbocycles. The zero-order valence-electron chi connectivity index (χ0n) is 19.7. The quantitative estimate of drug-likeness (QED) is 0.384. The van der Waals surface area contributed by atoms with E-state index in [1.165, 1.54) is 0 Å². The van der Waals surface area contributed by atoms with Gasteiger partial charge in [-0.15, -0.1) is 0 Å². The van der Waals surface area contributed by atoms with E-state index in [1.807, 2.05) is 61.5 Å². The molecule has 1 amide bonds. The zero-order chi connectivity index (χ0) is 23.8. The molecule has 4 aromatic rings. The number of anilines is 3. The third kappa shape index (κ3) is 4.43. The molecule has 2 fully saturated rings. The highest BCUT2D eigenvalue weighted by Gasteiger charge is 2.43. The first-order chi connectivity index (χ1) is 17.1. The predicted octanol–water partition coefficient (Wildman–Crippen LogP) is 4.58. The summed E-state index contributed by atoms with van der Waals surface area (Å²) in [5.41, 5.74) is 2.93. The number of H-pyrrole nitrogens is 1. The number of piperidine rings is 1. The Hall–Kier alpha value is -3.94. The summed E-state index contributed by atoms with van der Waals surface area (Å²) in [6.07, 6.45) is 6.27. The Morgan fingerprint density at radius 1 is 1.06 bits per heavy atom. The van der Waals surface area contributed by atoms with Crippen molar-refractivity contribution in [3.05, 3.63) is 72.1 Å². The number of benzene rings is 1. The second-order valence-electron chi connectivity index (χ2n) is 9.65. The van der Waals surface area contributed by atoms with Gasteiger partial charge in [-0.25, -0.2) is 4.98 Å². The first-order valence-electron chi connectivity index (χ1n) is 12.3. The predicted molar refractivity (Wildman–Crippen MR) is 137 cm³/mol. The van der Waals surface area contributed by atoms with E-state index in [4.69, 9.17) is 4.98 Å². The molecular formula is C27H29N7O. The minimum absolute atomic E-state index is 0.246. The Kier molecular flexibility index (Phi) is 5.56. The summed E-state index contributed by atoms with van der Waals surface area (Å²) in [4.78, 5) is 24.8. The third-order valence-corrected chi connectivity index (χ3v) is 7.12. The van der Waals surface area contributed by atoms with Gasteiger partial charge in [0.1, 0.15) is 11.6 Å². The first-order valence-corrected chi connectivity index (χ1v) is 12.3. The summed E-state index contributed by atoms with van der Waals surface area (Å²) in [5, 5.41) is 15.2. The van der Waals surface area contributed by atoms with E-state index < -0.39 is 0 Å². The molecule has 1 aromatic carbocycles. The van der Waals surface area contributed by atoms with Crippen molar-refractivity contribution in [1.82, 2.24) is 25.1 Å². The second-order valence-corrected chi connectivity index (χ2v) is 9.65. The minimum Gasteiger partial charge on any atom is -0.367 e. The van der Waals surface area contributed by atoms with Crippen molar-refractivity contribution in [3.63, 3.8) is 0 Å². The molecule has 3 atom stereocenters. The number of carbonyl (C=O) groups is 1. The van der Waals surface area contributed by atoms with Crippen molar-refractivity contribution in [2.24, 2.45) is 0 Å². The number of fused-ring (bicyclic) bond motifs is 3.